The van der Waals surface area contributed by atoms with Crippen molar-refractivity contribution >= 4 is 17.6 Å². The Balaban J connectivity index is 1.72. The van der Waals surface area contributed by atoms with Gasteiger partial charge in [0, 0.05) is 18.3 Å². The van der Waals surface area contributed by atoms with Gasteiger partial charge >= 0.3 is 6.18 Å². The summed E-state index contributed by atoms with van der Waals surface area (Å²) in [7, 11) is 0. The van der Waals surface area contributed by atoms with Gasteiger partial charge in [-0.25, -0.2) is 4.98 Å². The zero-order valence-electron chi connectivity index (χ0n) is 15.0. The summed E-state index contributed by atoms with van der Waals surface area (Å²) in [5.41, 5.74) is -0.447. The van der Waals surface area contributed by atoms with Crippen molar-refractivity contribution in [3.8, 4) is 0 Å². The smallest absolute Gasteiger partial charge is 0.348 e. The van der Waals surface area contributed by atoms with Crippen molar-refractivity contribution in [2.45, 2.75) is 12.7 Å². The number of halogens is 3. The third-order valence-corrected chi connectivity index (χ3v) is 4.04. The minimum atomic E-state index is -4.67. The van der Waals surface area contributed by atoms with Gasteiger partial charge in [0.05, 0.1) is 11.1 Å². The first-order valence-corrected chi connectivity index (χ1v) is 8.60. The van der Waals surface area contributed by atoms with Gasteiger partial charge in [-0.3, -0.25) is 9.59 Å². The van der Waals surface area contributed by atoms with E-state index in [9.17, 15) is 22.8 Å². The average Bonchev–Trinajstić information content (AvgIpc) is 2.72. The third-order valence-electron chi connectivity index (χ3n) is 4.04. The summed E-state index contributed by atoms with van der Waals surface area (Å²) < 4.78 is 39.3. The number of hydrogen-bond acceptors (Lipinski definition) is 3. The first-order valence-electron chi connectivity index (χ1n) is 8.60. The Morgan fingerprint density at radius 1 is 0.897 bits per heavy atom. The van der Waals surface area contributed by atoms with Crippen molar-refractivity contribution in [1.29, 1.82) is 0 Å². The van der Waals surface area contributed by atoms with Crippen LogP contribution in [0.4, 0.5) is 19.0 Å². The molecule has 0 atom stereocenters. The van der Waals surface area contributed by atoms with E-state index in [1.807, 2.05) is 30.3 Å². The molecule has 0 saturated heterocycles. The number of alkyl halides is 3. The van der Waals surface area contributed by atoms with Crippen LogP contribution in [0.15, 0.2) is 72.9 Å². The van der Waals surface area contributed by atoms with Crippen LogP contribution >= 0.6 is 0 Å². The summed E-state index contributed by atoms with van der Waals surface area (Å²) in [6, 6.07) is 16.5. The molecule has 2 N–H and O–H groups in total. The van der Waals surface area contributed by atoms with Gasteiger partial charge < -0.3 is 10.6 Å². The first-order chi connectivity index (χ1) is 13.8. The third kappa shape index (κ3) is 5.19. The number of anilines is 1. The molecule has 0 unspecified atom stereocenters. The van der Waals surface area contributed by atoms with E-state index in [4.69, 9.17) is 0 Å². The van der Waals surface area contributed by atoms with Gasteiger partial charge in [-0.05, 0) is 29.8 Å². The second-order valence-electron chi connectivity index (χ2n) is 6.10. The van der Waals surface area contributed by atoms with Crippen LogP contribution in [0.3, 0.4) is 0 Å². The molecule has 1 heterocycles. The highest BCUT2D eigenvalue weighted by atomic mass is 19.4. The van der Waals surface area contributed by atoms with Crippen molar-refractivity contribution in [3.63, 3.8) is 0 Å². The number of aromatic nitrogens is 1. The quantitative estimate of drug-likeness (QED) is 0.673. The molecule has 0 aliphatic rings. The summed E-state index contributed by atoms with van der Waals surface area (Å²) in [6.45, 7) is 0.308. The van der Waals surface area contributed by atoms with Crippen LogP contribution in [-0.2, 0) is 12.7 Å². The van der Waals surface area contributed by atoms with Crippen LogP contribution in [0.5, 0.6) is 0 Å². The molecular formula is C21H16F3N3O2. The first kappa shape index (κ1) is 20.1. The number of pyridine rings is 1. The fourth-order valence-electron chi connectivity index (χ4n) is 2.63. The zero-order chi connectivity index (χ0) is 20.9. The lowest BCUT2D eigenvalue weighted by atomic mass is 10.1. The molecule has 148 valence electrons. The minimum Gasteiger partial charge on any atom is -0.348 e. The molecule has 0 saturated carbocycles. The number of hydrogen-bond donors (Lipinski definition) is 2. The van der Waals surface area contributed by atoms with Crippen molar-refractivity contribution in [3.05, 3.63) is 95.2 Å². The molecule has 2 aromatic carbocycles. The average molecular weight is 399 g/mol. The van der Waals surface area contributed by atoms with Gasteiger partial charge in [0.2, 0.25) is 0 Å². The zero-order valence-corrected chi connectivity index (χ0v) is 15.0. The lowest BCUT2D eigenvalue weighted by molar-refractivity contribution is -0.137. The molecule has 3 rings (SSSR count). The molecule has 0 radical (unpaired) electrons. The number of carbonyl (C=O) groups is 2. The molecule has 5 nitrogen and oxygen atoms in total. The van der Waals surface area contributed by atoms with E-state index in [-0.39, 0.29) is 11.4 Å². The van der Waals surface area contributed by atoms with Gasteiger partial charge in [0.25, 0.3) is 11.8 Å². The minimum absolute atomic E-state index is 0.0284. The van der Waals surface area contributed by atoms with Gasteiger partial charge in [0.1, 0.15) is 5.82 Å². The molecule has 0 bridgehead atoms. The van der Waals surface area contributed by atoms with Crippen LogP contribution in [0.1, 0.15) is 31.8 Å². The molecular weight excluding hydrogens is 383 g/mol. The lowest BCUT2D eigenvalue weighted by Gasteiger charge is -2.12. The van der Waals surface area contributed by atoms with E-state index in [1.54, 1.807) is 0 Å². The maximum absolute atomic E-state index is 13.1. The summed E-state index contributed by atoms with van der Waals surface area (Å²) in [5, 5.41) is 5.04. The summed E-state index contributed by atoms with van der Waals surface area (Å²) in [4.78, 5) is 28.5. The van der Waals surface area contributed by atoms with Crippen LogP contribution in [0, 0.1) is 0 Å². The fraction of sp³-hybridized carbons (Fsp3) is 0.0952. The van der Waals surface area contributed by atoms with Crippen LogP contribution in [-0.4, -0.2) is 16.8 Å². The van der Waals surface area contributed by atoms with Gasteiger partial charge in [-0.2, -0.15) is 13.2 Å². The van der Waals surface area contributed by atoms with Crippen molar-refractivity contribution in [2.24, 2.45) is 0 Å². The maximum Gasteiger partial charge on any atom is 0.417 e. The number of carbonyl (C=O) groups excluding carboxylic acids is 2. The van der Waals surface area contributed by atoms with Gasteiger partial charge in [0.15, 0.2) is 0 Å². The molecule has 8 heteroatoms. The summed E-state index contributed by atoms with van der Waals surface area (Å²) in [6.07, 6.45) is -3.37. The van der Waals surface area contributed by atoms with E-state index in [1.165, 1.54) is 30.5 Å². The highest BCUT2D eigenvalue weighted by molar-refractivity contribution is 6.05. The standard InChI is InChI=1S/C21H16F3N3O2/c22-21(23,24)17-9-5-4-8-16(17)20(29)27-18-12-15(10-11-25-18)19(28)26-13-14-6-2-1-3-7-14/h1-12H,13H2,(H,26,28)(H,25,27,29). The molecule has 29 heavy (non-hydrogen) atoms. The molecule has 0 aliphatic heterocycles. The maximum atomic E-state index is 13.1. The Morgan fingerprint density at radius 3 is 2.31 bits per heavy atom. The fourth-order valence-corrected chi connectivity index (χ4v) is 2.63. The number of nitrogens with zero attached hydrogens (tertiary/aromatic N) is 1. The highest BCUT2D eigenvalue weighted by Gasteiger charge is 2.34. The lowest BCUT2D eigenvalue weighted by Crippen LogP contribution is -2.23. The Morgan fingerprint density at radius 2 is 1.59 bits per heavy atom. The van der Waals surface area contributed by atoms with E-state index in [0.717, 1.165) is 17.7 Å². The topological polar surface area (TPSA) is 71.1 Å². The van der Waals surface area contributed by atoms with Crippen LogP contribution < -0.4 is 10.6 Å². The van der Waals surface area contributed by atoms with Crippen LogP contribution in [0.2, 0.25) is 0 Å². The molecule has 0 aliphatic carbocycles. The second-order valence-corrected chi connectivity index (χ2v) is 6.10. The van der Waals surface area contributed by atoms with E-state index < -0.39 is 29.1 Å². The molecule has 1 aromatic heterocycles. The molecule has 2 amide bonds. The normalized spacial score (nSPS) is 11.0. The number of amides is 2. The molecule has 0 fully saturated rings. The largest absolute Gasteiger partial charge is 0.417 e. The Bertz CT molecular complexity index is 1020. The number of nitrogens with one attached hydrogen (secondary N) is 2. The van der Waals surface area contributed by atoms with Crippen molar-refractivity contribution in [2.75, 3.05) is 5.32 Å². The van der Waals surface area contributed by atoms with Gasteiger partial charge in [-0.15, -0.1) is 0 Å². The monoisotopic (exact) mass is 399 g/mol. The van der Waals surface area contributed by atoms with Crippen LogP contribution in [0.25, 0.3) is 0 Å². The predicted octanol–water partition coefficient (Wildman–Crippen LogP) is 4.28. The van der Waals surface area contributed by atoms with Gasteiger partial charge in [-0.1, -0.05) is 42.5 Å². The SMILES string of the molecule is O=C(NCc1ccccc1)c1ccnc(NC(=O)c2ccccc2C(F)(F)F)c1. The Kier molecular flexibility index (Phi) is 5.92. The Labute approximate surface area is 164 Å². The Hall–Kier alpha value is -3.68. The van der Waals surface area contributed by atoms with E-state index in [0.29, 0.717) is 6.54 Å². The molecule has 3 aromatic rings. The summed E-state index contributed by atoms with van der Waals surface area (Å²) >= 11 is 0. The number of rotatable bonds is 5. The number of benzene rings is 2. The van der Waals surface area contributed by atoms with Crippen molar-refractivity contribution in [1.82, 2.24) is 10.3 Å². The van der Waals surface area contributed by atoms with E-state index in [2.05, 4.69) is 15.6 Å². The van der Waals surface area contributed by atoms with Crippen molar-refractivity contribution < 1.29 is 22.8 Å². The summed E-state index contributed by atoms with van der Waals surface area (Å²) in [5.74, 6) is -1.39. The molecule has 0 spiro atoms. The van der Waals surface area contributed by atoms with E-state index >= 15 is 0 Å². The highest BCUT2D eigenvalue weighted by Crippen LogP contribution is 2.32. The second kappa shape index (κ2) is 8.55. The predicted molar refractivity (Wildman–Crippen MR) is 101 cm³/mol.